The van der Waals surface area contributed by atoms with Gasteiger partial charge < -0.3 is 21.3 Å². The van der Waals surface area contributed by atoms with Crippen molar-refractivity contribution in [1.29, 1.82) is 0 Å². The van der Waals surface area contributed by atoms with Gasteiger partial charge in [0.25, 0.3) is 0 Å². The second-order valence-electron chi connectivity index (χ2n) is 8.17. The maximum atomic E-state index is 12.5. The van der Waals surface area contributed by atoms with Gasteiger partial charge in [-0.3, -0.25) is 9.58 Å². The van der Waals surface area contributed by atoms with E-state index in [9.17, 15) is 9.90 Å². The van der Waals surface area contributed by atoms with E-state index < -0.39 is 17.8 Å². The van der Waals surface area contributed by atoms with Crippen LogP contribution in [0.1, 0.15) is 40.0 Å². The summed E-state index contributed by atoms with van der Waals surface area (Å²) in [4.78, 5) is 14.1. The number of aryl methyl sites for hydroxylation is 1. The molecule has 9 nitrogen and oxygen atoms in total. The first-order chi connectivity index (χ1) is 14.3. The number of ether oxygens (including phenoxy) is 1. The highest BCUT2D eigenvalue weighted by molar-refractivity contribution is 5.72. The van der Waals surface area contributed by atoms with E-state index in [1.54, 1.807) is 16.5 Å². The molecule has 1 aromatic heterocycles. The standard InChI is InChI=1S/C21H32N6O3/c1-4-18(28)21(3)19(14(2)22)27(20(29)30-21)11-6-5-10-26-13-17(24-25-26)15-8-7-9-16(23)12-15/h7-9,12-14,18-19,28H,4-6,10-11,22-23H2,1-3H3/t14-,18-,19-,21-/m1/s1. The van der Waals surface area contributed by atoms with Gasteiger partial charge in [0.15, 0.2) is 5.60 Å². The summed E-state index contributed by atoms with van der Waals surface area (Å²) in [6, 6.07) is 6.83. The number of unbranched alkanes of at least 4 members (excludes halogenated alkanes) is 1. The van der Waals surface area contributed by atoms with Crippen molar-refractivity contribution < 1.29 is 14.6 Å². The molecule has 9 heteroatoms. The average Bonchev–Trinajstić information content (AvgIpc) is 3.27. The van der Waals surface area contributed by atoms with Gasteiger partial charge in [0, 0.05) is 30.4 Å². The van der Waals surface area contributed by atoms with E-state index in [-0.39, 0.29) is 12.1 Å². The van der Waals surface area contributed by atoms with Crippen molar-refractivity contribution in [1.82, 2.24) is 19.9 Å². The Labute approximate surface area is 177 Å². The first-order valence-corrected chi connectivity index (χ1v) is 10.5. The van der Waals surface area contributed by atoms with Crippen LogP contribution in [0.3, 0.4) is 0 Å². The van der Waals surface area contributed by atoms with Crippen molar-refractivity contribution in [3.05, 3.63) is 30.5 Å². The largest absolute Gasteiger partial charge is 0.438 e. The van der Waals surface area contributed by atoms with Crippen molar-refractivity contribution in [2.24, 2.45) is 5.73 Å². The number of aromatic nitrogens is 3. The van der Waals surface area contributed by atoms with E-state index >= 15 is 0 Å². The third-order valence-corrected chi connectivity index (χ3v) is 5.77. The number of nitrogen functional groups attached to an aromatic ring is 1. The van der Waals surface area contributed by atoms with Gasteiger partial charge in [-0.1, -0.05) is 24.3 Å². The lowest BCUT2D eigenvalue weighted by atomic mass is 9.85. The van der Waals surface area contributed by atoms with Crippen molar-refractivity contribution in [3.8, 4) is 11.3 Å². The van der Waals surface area contributed by atoms with E-state index in [4.69, 9.17) is 16.2 Å². The lowest BCUT2D eigenvalue weighted by molar-refractivity contribution is -0.0645. The highest BCUT2D eigenvalue weighted by Gasteiger charge is 2.55. The molecule has 0 saturated carbocycles. The minimum atomic E-state index is -1.00. The summed E-state index contributed by atoms with van der Waals surface area (Å²) < 4.78 is 7.37. The number of carbonyl (C=O) groups excluding carboxylic acids is 1. The molecule has 0 spiro atoms. The van der Waals surface area contributed by atoms with Crippen LogP contribution in [-0.2, 0) is 11.3 Å². The number of aliphatic hydroxyl groups excluding tert-OH is 1. The molecule has 1 aromatic carbocycles. The van der Waals surface area contributed by atoms with Gasteiger partial charge in [-0.05, 0) is 45.2 Å². The molecule has 1 aliphatic heterocycles. The monoisotopic (exact) mass is 416 g/mol. The number of rotatable bonds is 9. The Balaban J connectivity index is 1.57. The Morgan fingerprint density at radius 1 is 1.33 bits per heavy atom. The molecule has 3 rings (SSSR count). The second-order valence-corrected chi connectivity index (χ2v) is 8.17. The number of aliphatic hydroxyl groups is 1. The molecule has 30 heavy (non-hydrogen) atoms. The molecule has 1 aliphatic rings. The predicted octanol–water partition coefficient (Wildman–Crippen LogP) is 2.01. The van der Waals surface area contributed by atoms with Crippen LogP contribution in [0, 0.1) is 0 Å². The number of anilines is 1. The van der Waals surface area contributed by atoms with Crippen molar-refractivity contribution in [3.63, 3.8) is 0 Å². The smallest absolute Gasteiger partial charge is 0.410 e. The molecule has 1 amide bonds. The number of hydrogen-bond acceptors (Lipinski definition) is 7. The molecular formula is C21H32N6O3. The Hall–Kier alpha value is -2.65. The van der Waals surface area contributed by atoms with Crippen LogP contribution in [0.25, 0.3) is 11.3 Å². The zero-order valence-electron chi connectivity index (χ0n) is 17.9. The third kappa shape index (κ3) is 4.41. The summed E-state index contributed by atoms with van der Waals surface area (Å²) in [5.74, 6) is 0. The van der Waals surface area contributed by atoms with Crippen molar-refractivity contribution in [2.75, 3.05) is 12.3 Å². The highest BCUT2D eigenvalue weighted by Crippen LogP contribution is 2.35. The molecule has 4 atom stereocenters. The van der Waals surface area contributed by atoms with Gasteiger partial charge in [-0.2, -0.15) is 0 Å². The van der Waals surface area contributed by atoms with Crippen LogP contribution in [0.5, 0.6) is 0 Å². The average molecular weight is 417 g/mol. The number of amides is 1. The van der Waals surface area contributed by atoms with Gasteiger partial charge in [-0.25, -0.2) is 4.79 Å². The summed E-state index contributed by atoms with van der Waals surface area (Å²) in [5, 5.41) is 18.8. The van der Waals surface area contributed by atoms with E-state index in [2.05, 4.69) is 10.3 Å². The van der Waals surface area contributed by atoms with Crippen LogP contribution < -0.4 is 11.5 Å². The maximum Gasteiger partial charge on any atom is 0.410 e. The molecule has 5 N–H and O–H groups in total. The Kier molecular flexibility index (Phi) is 6.62. The molecule has 1 saturated heterocycles. The fraction of sp³-hybridized carbons (Fsp3) is 0.571. The lowest BCUT2D eigenvalue weighted by Crippen LogP contribution is -2.58. The van der Waals surface area contributed by atoms with Gasteiger partial charge in [0.05, 0.1) is 18.3 Å². The molecule has 164 valence electrons. The van der Waals surface area contributed by atoms with Crippen LogP contribution >= 0.6 is 0 Å². The first-order valence-electron chi connectivity index (χ1n) is 10.5. The Morgan fingerprint density at radius 2 is 2.07 bits per heavy atom. The molecule has 0 unspecified atom stereocenters. The number of hydrogen-bond donors (Lipinski definition) is 3. The van der Waals surface area contributed by atoms with E-state index in [1.807, 2.05) is 44.3 Å². The highest BCUT2D eigenvalue weighted by atomic mass is 16.6. The molecule has 0 bridgehead atoms. The maximum absolute atomic E-state index is 12.5. The van der Waals surface area contributed by atoms with Crippen LogP contribution in [0.15, 0.2) is 30.5 Å². The number of carbonyl (C=O) groups is 1. The fourth-order valence-electron chi connectivity index (χ4n) is 4.23. The first kappa shape index (κ1) is 22.0. The minimum absolute atomic E-state index is 0.321. The Morgan fingerprint density at radius 3 is 2.73 bits per heavy atom. The van der Waals surface area contributed by atoms with Crippen LogP contribution in [0.4, 0.5) is 10.5 Å². The number of nitrogens with zero attached hydrogens (tertiary/aromatic N) is 4. The third-order valence-electron chi connectivity index (χ3n) is 5.77. The zero-order chi connectivity index (χ0) is 21.9. The minimum Gasteiger partial charge on any atom is -0.438 e. The van der Waals surface area contributed by atoms with E-state index in [0.29, 0.717) is 25.2 Å². The van der Waals surface area contributed by atoms with Crippen LogP contribution in [0.2, 0.25) is 0 Å². The number of nitrogens with two attached hydrogens (primary N) is 2. The van der Waals surface area contributed by atoms with Crippen molar-refractivity contribution in [2.45, 2.75) is 70.4 Å². The van der Waals surface area contributed by atoms with Gasteiger partial charge >= 0.3 is 6.09 Å². The summed E-state index contributed by atoms with van der Waals surface area (Å²) in [7, 11) is 0. The molecule has 2 heterocycles. The van der Waals surface area contributed by atoms with Crippen LogP contribution in [-0.4, -0.2) is 61.4 Å². The normalized spacial score (nSPS) is 23.4. The molecule has 0 aliphatic carbocycles. The van der Waals surface area contributed by atoms with Gasteiger partial charge in [-0.15, -0.1) is 5.10 Å². The summed E-state index contributed by atoms with van der Waals surface area (Å²) in [6.07, 6.45) is 2.76. The summed E-state index contributed by atoms with van der Waals surface area (Å²) in [6.45, 7) is 6.65. The second kappa shape index (κ2) is 9.01. The summed E-state index contributed by atoms with van der Waals surface area (Å²) >= 11 is 0. The Bertz CT molecular complexity index is 870. The summed E-state index contributed by atoms with van der Waals surface area (Å²) in [5.41, 5.74) is 13.4. The topological polar surface area (TPSA) is 133 Å². The SMILES string of the molecule is CC[C@@H](O)[C@@]1(C)OC(=O)N(CCCCn2cc(-c3cccc(N)c3)nn2)[C@@H]1[C@@H](C)N. The quantitative estimate of drug-likeness (QED) is 0.421. The fourth-order valence-corrected chi connectivity index (χ4v) is 4.23. The number of cyclic esters (lactones) is 1. The molecule has 1 fully saturated rings. The van der Waals surface area contributed by atoms with E-state index in [1.165, 1.54) is 0 Å². The number of benzene rings is 1. The van der Waals surface area contributed by atoms with Crippen molar-refractivity contribution >= 4 is 11.8 Å². The predicted molar refractivity (Wildman–Crippen MR) is 114 cm³/mol. The van der Waals surface area contributed by atoms with Gasteiger partial charge in [0.1, 0.15) is 5.69 Å². The molecule has 2 aromatic rings. The zero-order valence-corrected chi connectivity index (χ0v) is 17.9. The van der Waals surface area contributed by atoms with E-state index in [0.717, 1.165) is 24.1 Å². The van der Waals surface area contributed by atoms with Gasteiger partial charge in [0.2, 0.25) is 0 Å². The lowest BCUT2D eigenvalue weighted by Gasteiger charge is -2.37. The molecular weight excluding hydrogens is 384 g/mol. The molecule has 0 radical (unpaired) electrons.